The molecular weight excluding hydrogens is 214 g/mol. The molecule has 2 N–H and O–H groups in total. The van der Waals surface area contributed by atoms with E-state index >= 15 is 0 Å². The van der Waals surface area contributed by atoms with Crippen LogP contribution in [0.1, 0.15) is 35.7 Å². The molecule has 3 nitrogen and oxygen atoms in total. The number of hydrogen-bond donors (Lipinski definition) is 1. The molecule has 0 saturated heterocycles. The number of aryl methyl sites for hydroxylation is 1. The van der Waals surface area contributed by atoms with E-state index in [2.05, 4.69) is 6.92 Å². The van der Waals surface area contributed by atoms with Crippen LogP contribution in [0, 0.1) is 0 Å². The van der Waals surface area contributed by atoms with Gasteiger partial charge in [0.05, 0.1) is 6.04 Å². The summed E-state index contributed by atoms with van der Waals surface area (Å²) >= 11 is 0. The molecule has 1 rings (SSSR count). The van der Waals surface area contributed by atoms with Gasteiger partial charge in [0.15, 0.2) is 5.78 Å². The maximum Gasteiger partial charge on any atom is 0.179 e. The summed E-state index contributed by atoms with van der Waals surface area (Å²) in [5, 5.41) is 0. The first kappa shape index (κ1) is 13.9. The van der Waals surface area contributed by atoms with Crippen LogP contribution in [0.5, 0.6) is 0 Å². The minimum Gasteiger partial charge on any atom is -0.385 e. The summed E-state index contributed by atoms with van der Waals surface area (Å²) < 4.78 is 4.92. The Morgan fingerprint density at radius 3 is 2.53 bits per heavy atom. The number of ether oxygens (including phenoxy) is 1. The average molecular weight is 235 g/mol. The summed E-state index contributed by atoms with van der Waals surface area (Å²) in [6.45, 7) is 2.65. The number of Topliss-reactive ketones (excluding diaryl/α,β-unsaturated/α-hetero) is 1. The average Bonchev–Trinajstić information content (AvgIpc) is 2.36. The summed E-state index contributed by atoms with van der Waals surface area (Å²) in [6.07, 6.45) is 2.72. The Labute approximate surface area is 103 Å². The minimum absolute atomic E-state index is 0.00917. The molecule has 3 heteroatoms. The van der Waals surface area contributed by atoms with E-state index in [4.69, 9.17) is 10.5 Å². The van der Waals surface area contributed by atoms with Gasteiger partial charge in [-0.2, -0.15) is 0 Å². The first-order valence-electron chi connectivity index (χ1n) is 6.06. The van der Waals surface area contributed by atoms with E-state index in [-0.39, 0.29) is 5.78 Å². The van der Waals surface area contributed by atoms with Crippen LogP contribution in [-0.4, -0.2) is 25.5 Å². The predicted octanol–water partition coefficient (Wildman–Crippen LogP) is 2.19. The van der Waals surface area contributed by atoms with E-state index in [0.29, 0.717) is 18.6 Å². The van der Waals surface area contributed by atoms with Crippen LogP contribution in [0.4, 0.5) is 0 Å². The summed E-state index contributed by atoms with van der Waals surface area (Å²) in [4.78, 5) is 11.9. The molecule has 0 aliphatic heterocycles. The van der Waals surface area contributed by atoms with Crippen LogP contribution in [0.3, 0.4) is 0 Å². The SMILES string of the molecule is CCCc1ccc(C(=O)C(N)CCOC)cc1. The fraction of sp³-hybridized carbons (Fsp3) is 0.500. The topological polar surface area (TPSA) is 52.3 Å². The van der Waals surface area contributed by atoms with Crippen molar-refractivity contribution >= 4 is 5.78 Å². The smallest absolute Gasteiger partial charge is 0.179 e. The number of carbonyl (C=O) groups excluding carboxylic acids is 1. The summed E-state index contributed by atoms with van der Waals surface area (Å²) in [6, 6.07) is 7.26. The number of carbonyl (C=O) groups is 1. The van der Waals surface area contributed by atoms with Crippen molar-refractivity contribution in [3.05, 3.63) is 35.4 Å². The Kier molecular flexibility index (Phi) is 5.87. The monoisotopic (exact) mass is 235 g/mol. The van der Waals surface area contributed by atoms with Gasteiger partial charge in [-0.15, -0.1) is 0 Å². The highest BCUT2D eigenvalue weighted by atomic mass is 16.5. The third kappa shape index (κ3) is 4.29. The van der Waals surface area contributed by atoms with Crippen LogP contribution in [0.25, 0.3) is 0 Å². The number of benzene rings is 1. The van der Waals surface area contributed by atoms with Crippen LogP contribution in [-0.2, 0) is 11.2 Å². The summed E-state index contributed by atoms with van der Waals surface area (Å²) in [5.74, 6) is -0.00917. The number of nitrogens with two attached hydrogens (primary N) is 1. The zero-order chi connectivity index (χ0) is 12.7. The van der Waals surface area contributed by atoms with Gasteiger partial charge < -0.3 is 10.5 Å². The molecule has 0 bridgehead atoms. The lowest BCUT2D eigenvalue weighted by molar-refractivity contribution is 0.0935. The third-order valence-corrected chi connectivity index (χ3v) is 2.75. The fourth-order valence-corrected chi connectivity index (χ4v) is 1.71. The van der Waals surface area contributed by atoms with Crippen molar-refractivity contribution in [2.75, 3.05) is 13.7 Å². The highest BCUT2D eigenvalue weighted by Gasteiger charge is 2.14. The molecule has 1 unspecified atom stereocenters. The molecule has 94 valence electrons. The van der Waals surface area contributed by atoms with E-state index in [1.807, 2.05) is 24.3 Å². The molecule has 1 atom stereocenters. The Bertz CT molecular complexity index is 346. The molecule has 0 aliphatic carbocycles. The third-order valence-electron chi connectivity index (χ3n) is 2.75. The van der Waals surface area contributed by atoms with Gasteiger partial charge in [0.25, 0.3) is 0 Å². The Morgan fingerprint density at radius 1 is 1.35 bits per heavy atom. The van der Waals surface area contributed by atoms with Gasteiger partial charge in [0, 0.05) is 19.3 Å². The van der Waals surface area contributed by atoms with E-state index in [1.54, 1.807) is 7.11 Å². The Balaban J connectivity index is 2.62. The van der Waals surface area contributed by atoms with Crippen LogP contribution < -0.4 is 5.73 Å². The molecule has 1 aromatic rings. The molecule has 0 fully saturated rings. The van der Waals surface area contributed by atoms with Crippen molar-refractivity contribution in [3.63, 3.8) is 0 Å². The van der Waals surface area contributed by atoms with Crippen LogP contribution in [0.2, 0.25) is 0 Å². The van der Waals surface area contributed by atoms with E-state index in [0.717, 1.165) is 12.8 Å². The zero-order valence-electron chi connectivity index (χ0n) is 10.6. The van der Waals surface area contributed by atoms with E-state index in [9.17, 15) is 4.79 Å². The molecule has 0 spiro atoms. The molecule has 0 amide bonds. The second kappa shape index (κ2) is 7.20. The molecule has 0 aromatic heterocycles. The predicted molar refractivity (Wildman–Crippen MR) is 69.2 cm³/mol. The van der Waals surface area contributed by atoms with E-state index in [1.165, 1.54) is 5.56 Å². The van der Waals surface area contributed by atoms with Gasteiger partial charge in [-0.3, -0.25) is 4.79 Å². The molecule has 1 aromatic carbocycles. The molecule has 17 heavy (non-hydrogen) atoms. The first-order valence-corrected chi connectivity index (χ1v) is 6.06. The van der Waals surface area contributed by atoms with Gasteiger partial charge in [-0.05, 0) is 18.4 Å². The van der Waals surface area contributed by atoms with Gasteiger partial charge >= 0.3 is 0 Å². The fourth-order valence-electron chi connectivity index (χ4n) is 1.71. The zero-order valence-corrected chi connectivity index (χ0v) is 10.6. The van der Waals surface area contributed by atoms with Gasteiger partial charge in [0.2, 0.25) is 0 Å². The Morgan fingerprint density at radius 2 is 2.00 bits per heavy atom. The summed E-state index contributed by atoms with van der Waals surface area (Å²) in [7, 11) is 1.61. The van der Waals surface area contributed by atoms with Gasteiger partial charge in [-0.25, -0.2) is 0 Å². The number of hydrogen-bond acceptors (Lipinski definition) is 3. The molecule has 0 heterocycles. The van der Waals surface area contributed by atoms with Gasteiger partial charge in [0.1, 0.15) is 0 Å². The maximum atomic E-state index is 11.9. The van der Waals surface area contributed by atoms with Gasteiger partial charge in [-0.1, -0.05) is 37.6 Å². The largest absolute Gasteiger partial charge is 0.385 e. The lowest BCUT2D eigenvalue weighted by atomic mass is 10.0. The highest BCUT2D eigenvalue weighted by molar-refractivity contribution is 5.99. The Hall–Kier alpha value is -1.19. The summed E-state index contributed by atoms with van der Waals surface area (Å²) in [5.41, 5.74) is 7.75. The van der Waals surface area contributed by atoms with Crippen molar-refractivity contribution in [2.45, 2.75) is 32.2 Å². The lowest BCUT2D eigenvalue weighted by Gasteiger charge is -2.10. The standard InChI is InChI=1S/C14H21NO2/c1-3-4-11-5-7-12(8-6-11)14(16)13(15)9-10-17-2/h5-8,13H,3-4,9-10,15H2,1-2H3. The van der Waals surface area contributed by atoms with Crippen molar-refractivity contribution < 1.29 is 9.53 Å². The minimum atomic E-state index is -0.466. The normalized spacial score (nSPS) is 12.4. The van der Waals surface area contributed by atoms with Crippen LogP contribution in [0.15, 0.2) is 24.3 Å². The first-order chi connectivity index (χ1) is 8.19. The van der Waals surface area contributed by atoms with Crippen LogP contribution >= 0.6 is 0 Å². The van der Waals surface area contributed by atoms with E-state index < -0.39 is 6.04 Å². The molecule has 0 aliphatic rings. The molecule has 0 saturated carbocycles. The van der Waals surface area contributed by atoms with Crippen molar-refractivity contribution in [3.8, 4) is 0 Å². The number of ketones is 1. The molecular formula is C14H21NO2. The molecule has 0 radical (unpaired) electrons. The number of methoxy groups -OCH3 is 1. The number of rotatable bonds is 7. The van der Waals surface area contributed by atoms with Crippen molar-refractivity contribution in [2.24, 2.45) is 5.73 Å². The quantitative estimate of drug-likeness (QED) is 0.737. The van der Waals surface area contributed by atoms with Crippen molar-refractivity contribution in [1.82, 2.24) is 0 Å². The van der Waals surface area contributed by atoms with Crippen molar-refractivity contribution in [1.29, 1.82) is 0 Å². The second-order valence-electron chi connectivity index (χ2n) is 4.20. The maximum absolute atomic E-state index is 11.9. The lowest BCUT2D eigenvalue weighted by Crippen LogP contribution is -2.31. The highest BCUT2D eigenvalue weighted by Crippen LogP contribution is 2.09. The second-order valence-corrected chi connectivity index (χ2v) is 4.20.